The summed E-state index contributed by atoms with van der Waals surface area (Å²) in [4.78, 5) is 23.8. The van der Waals surface area contributed by atoms with Crippen molar-refractivity contribution in [2.45, 2.75) is 6.92 Å². The van der Waals surface area contributed by atoms with Crippen molar-refractivity contribution in [1.82, 2.24) is 9.78 Å². The number of aryl methyl sites for hydroxylation is 2. The van der Waals surface area contributed by atoms with Crippen molar-refractivity contribution in [2.75, 3.05) is 0 Å². The van der Waals surface area contributed by atoms with Crippen LogP contribution in [0.25, 0.3) is 0 Å². The number of nitrogens with zero attached hydrogens (tertiary/aromatic N) is 1. The third-order valence-electron chi connectivity index (χ3n) is 2.56. The molecule has 1 aromatic heterocycles. The topological polar surface area (TPSA) is 54.9 Å². The first kappa shape index (κ1) is 11.3. The molecule has 0 atom stereocenters. The van der Waals surface area contributed by atoms with Crippen molar-refractivity contribution < 1.29 is 9.18 Å². The zero-order chi connectivity index (χ0) is 12.6. The monoisotopic (exact) mass is 234 g/mol. The number of nitrogens with one attached hydrogen (secondary N) is 1. The Balaban J connectivity index is 2.51. The van der Waals surface area contributed by atoms with E-state index in [1.165, 1.54) is 36.0 Å². The molecule has 0 bridgehead atoms. The first-order valence-corrected chi connectivity index (χ1v) is 5.06. The molecule has 0 saturated heterocycles. The van der Waals surface area contributed by atoms with Crippen LogP contribution in [-0.4, -0.2) is 15.6 Å². The molecule has 1 aromatic carbocycles. The van der Waals surface area contributed by atoms with Gasteiger partial charge in [-0.3, -0.25) is 19.4 Å². The minimum atomic E-state index is -0.416. The Kier molecular flexibility index (Phi) is 2.67. The highest BCUT2D eigenvalue weighted by Crippen LogP contribution is 2.10. The SMILES string of the molecule is Cc1[nH]n(C)c(=O)c1C(=O)c1ccc(F)cc1. The Hall–Kier alpha value is -2.17. The van der Waals surface area contributed by atoms with E-state index in [9.17, 15) is 14.0 Å². The van der Waals surface area contributed by atoms with E-state index >= 15 is 0 Å². The number of benzene rings is 1. The highest BCUT2D eigenvalue weighted by Gasteiger charge is 2.18. The number of hydrogen-bond donors (Lipinski definition) is 1. The molecule has 0 fully saturated rings. The number of ketones is 1. The zero-order valence-electron chi connectivity index (χ0n) is 9.45. The lowest BCUT2D eigenvalue weighted by Gasteiger charge is -1.98. The van der Waals surface area contributed by atoms with E-state index in [-0.39, 0.29) is 11.1 Å². The summed E-state index contributed by atoms with van der Waals surface area (Å²) in [5, 5.41) is 2.75. The van der Waals surface area contributed by atoms with Gasteiger partial charge in [0, 0.05) is 18.3 Å². The van der Waals surface area contributed by atoms with Crippen LogP contribution < -0.4 is 5.56 Å². The lowest BCUT2D eigenvalue weighted by atomic mass is 10.0. The summed E-state index contributed by atoms with van der Waals surface area (Å²) in [6.07, 6.45) is 0. The highest BCUT2D eigenvalue weighted by atomic mass is 19.1. The Bertz CT molecular complexity index is 623. The fourth-order valence-electron chi connectivity index (χ4n) is 1.70. The third kappa shape index (κ3) is 1.91. The van der Waals surface area contributed by atoms with Crippen molar-refractivity contribution in [3.8, 4) is 0 Å². The predicted octanol–water partition coefficient (Wildman–Crippen LogP) is 1.39. The van der Waals surface area contributed by atoms with Gasteiger partial charge >= 0.3 is 0 Å². The molecule has 5 heteroatoms. The van der Waals surface area contributed by atoms with Gasteiger partial charge in [0.1, 0.15) is 11.4 Å². The molecule has 4 nitrogen and oxygen atoms in total. The largest absolute Gasteiger partial charge is 0.299 e. The zero-order valence-corrected chi connectivity index (χ0v) is 9.45. The number of carbonyl (C=O) groups excluding carboxylic acids is 1. The first-order valence-electron chi connectivity index (χ1n) is 5.06. The number of aromatic nitrogens is 2. The Labute approximate surface area is 96.7 Å². The van der Waals surface area contributed by atoms with Gasteiger partial charge in [0.25, 0.3) is 5.56 Å². The Morgan fingerprint density at radius 3 is 2.35 bits per heavy atom. The van der Waals surface area contributed by atoms with E-state index in [1.54, 1.807) is 6.92 Å². The van der Waals surface area contributed by atoms with Crippen molar-refractivity contribution in [1.29, 1.82) is 0 Å². The van der Waals surface area contributed by atoms with Crippen molar-refractivity contribution >= 4 is 5.78 Å². The Morgan fingerprint density at radius 2 is 1.88 bits per heavy atom. The van der Waals surface area contributed by atoms with E-state index in [4.69, 9.17) is 0 Å². The minimum Gasteiger partial charge on any atom is -0.299 e. The molecule has 0 saturated carbocycles. The summed E-state index contributed by atoms with van der Waals surface area (Å²) in [5.74, 6) is -0.815. The fourth-order valence-corrected chi connectivity index (χ4v) is 1.70. The van der Waals surface area contributed by atoms with Crippen LogP contribution in [0.15, 0.2) is 29.1 Å². The molecule has 0 aliphatic carbocycles. The molecule has 0 unspecified atom stereocenters. The van der Waals surface area contributed by atoms with E-state index in [0.29, 0.717) is 11.3 Å². The van der Waals surface area contributed by atoms with Gasteiger partial charge in [-0.05, 0) is 31.2 Å². The van der Waals surface area contributed by atoms with Gasteiger partial charge in [-0.2, -0.15) is 0 Å². The average molecular weight is 234 g/mol. The van der Waals surface area contributed by atoms with Crippen molar-refractivity contribution in [3.63, 3.8) is 0 Å². The predicted molar refractivity (Wildman–Crippen MR) is 60.6 cm³/mol. The molecule has 0 spiro atoms. The number of carbonyl (C=O) groups is 1. The highest BCUT2D eigenvalue weighted by molar-refractivity contribution is 6.09. The van der Waals surface area contributed by atoms with Gasteiger partial charge in [0.2, 0.25) is 0 Å². The summed E-state index contributed by atoms with van der Waals surface area (Å²) in [7, 11) is 1.54. The molecule has 0 aliphatic rings. The van der Waals surface area contributed by atoms with Gasteiger partial charge in [0.05, 0.1) is 0 Å². The van der Waals surface area contributed by atoms with Crippen LogP contribution in [0, 0.1) is 12.7 Å². The maximum Gasteiger partial charge on any atom is 0.277 e. The lowest BCUT2D eigenvalue weighted by molar-refractivity contribution is 0.103. The summed E-state index contributed by atoms with van der Waals surface area (Å²) >= 11 is 0. The lowest BCUT2D eigenvalue weighted by Crippen LogP contribution is -2.19. The number of rotatable bonds is 2. The summed E-state index contributed by atoms with van der Waals surface area (Å²) in [6.45, 7) is 1.65. The van der Waals surface area contributed by atoms with Crippen LogP contribution >= 0.6 is 0 Å². The maximum atomic E-state index is 12.7. The average Bonchev–Trinajstić information content (AvgIpc) is 2.53. The van der Waals surface area contributed by atoms with Gasteiger partial charge in [-0.25, -0.2) is 4.39 Å². The van der Waals surface area contributed by atoms with Gasteiger partial charge in [0.15, 0.2) is 5.78 Å². The smallest absolute Gasteiger partial charge is 0.277 e. The molecule has 1 N–H and O–H groups in total. The van der Waals surface area contributed by atoms with Crippen LogP contribution in [-0.2, 0) is 7.05 Å². The van der Waals surface area contributed by atoms with Crippen LogP contribution in [0.1, 0.15) is 21.6 Å². The summed E-state index contributed by atoms with van der Waals surface area (Å²) in [6, 6.07) is 5.12. The van der Waals surface area contributed by atoms with E-state index in [0.717, 1.165) is 0 Å². The molecule has 0 aliphatic heterocycles. The molecule has 0 radical (unpaired) electrons. The van der Waals surface area contributed by atoms with Crippen LogP contribution in [0.2, 0.25) is 0 Å². The van der Waals surface area contributed by atoms with Gasteiger partial charge in [-0.1, -0.05) is 0 Å². The molecule has 2 rings (SSSR count). The normalized spacial score (nSPS) is 10.5. The molecule has 2 aromatic rings. The molecule has 88 valence electrons. The van der Waals surface area contributed by atoms with Gasteiger partial charge in [-0.15, -0.1) is 0 Å². The number of H-pyrrole nitrogens is 1. The first-order chi connectivity index (χ1) is 8.00. The summed E-state index contributed by atoms with van der Waals surface area (Å²) < 4.78 is 14.0. The van der Waals surface area contributed by atoms with Crippen molar-refractivity contribution in [2.24, 2.45) is 7.05 Å². The minimum absolute atomic E-state index is 0.0964. The second-order valence-electron chi connectivity index (χ2n) is 3.81. The quantitative estimate of drug-likeness (QED) is 0.798. The van der Waals surface area contributed by atoms with E-state index < -0.39 is 11.6 Å². The van der Waals surface area contributed by atoms with Gasteiger partial charge < -0.3 is 0 Å². The van der Waals surface area contributed by atoms with Crippen molar-refractivity contribution in [3.05, 3.63) is 57.3 Å². The van der Waals surface area contributed by atoms with Crippen LogP contribution in [0.3, 0.4) is 0 Å². The standard InChI is InChI=1S/C12H11FN2O2/c1-7-10(12(17)15(2)14-7)11(16)8-3-5-9(13)6-4-8/h3-6,14H,1-2H3. The van der Waals surface area contributed by atoms with Crippen LogP contribution in [0.4, 0.5) is 4.39 Å². The van der Waals surface area contributed by atoms with Crippen LogP contribution in [0.5, 0.6) is 0 Å². The summed E-state index contributed by atoms with van der Waals surface area (Å²) in [5.41, 5.74) is 0.522. The maximum absolute atomic E-state index is 12.7. The number of hydrogen-bond acceptors (Lipinski definition) is 2. The molecular formula is C12H11FN2O2. The second-order valence-corrected chi connectivity index (χ2v) is 3.81. The fraction of sp³-hybridized carbons (Fsp3) is 0.167. The Morgan fingerprint density at radius 1 is 1.29 bits per heavy atom. The number of halogens is 1. The van der Waals surface area contributed by atoms with E-state index in [2.05, 4.69) is 5.10 Å². The molecule has 1 heterocycles. The third-order valence-corrected chi connectivity index (χ3v) is 2.56. The molecular weight excluding hydrogens is 223 g/mol. The molecule has 0 amide bonds. The number of aromatic amines is 1. The molecule has 17 heavy (non-hydrogen) atoms. The second kappa shape index (κ2) is 4.01. The van der Waals surface area contributed by atoms with E-state index in [1.807, 2.05) is 0 Å².